The number of nitrogens with zero attached hydrogens (tertiary/aromatic N) is 2. The summed E-state index contributed by atoms with van der Waals surface area (Å²) in [5.74, 6) is 1.67. The molecular formula is C67H72N2O2. The Labute approximate surface area is 425 Å². The first-order valence-electron chi connectivity index (χ1n) is 26.5. The van der Waals surface area contributed by atoms with Gasteiger partial charge in [-0.1, -0.05) is 182 Å². The Balaban J connectivity index is 0.998. The van der Waals surface area contributed by atoms with Crippen LogP contribution in [0, 0.1) is 0 Å². The Kier molecular flexibility index (Phi) is 16.4. The molecule has 9 rings (SSSR count). The van der Waals surface area contributed by atoms with Crippen LogP contribution in [0.4, 0.5) is 34.1 Å². The summed E-state index contributed by atoms with van der Waals surface area (Å²) in [6.07, 6.45) is 18.3. The lowest BCUT2D eigenvalue weighted by Gasteiger charge is -2.33. The van der Waals surface area contributed by atoms with E-state index in [1.807, 2.05) is 24.3 Å². The average molecular weight is 937 g/mol. The summed E-state index contributed by atoms with van der Waals surface area (Å²) in [5.41, 5.74) is 17.4. The molecule has 0 bridgehead atoms. The molecule has 0 heterocycles. The third-order valence-corrected chi connectivity index (χ3v) is 14.9. The number of unbranched alkanes of at least 4 members (excludes halogenated alkanes) is 10. The molecule has 0 amide bonds. The third-order valence-electron chi connectivity index (χ3n) is 14.9. The Morgan fingerprint density at radius 3 is 1.13 bits per heavy atom. The fourth-order valence-corrected chi connectivity index (χ4v) is 11.1. The van der Waals surface area contributed by atoms with Crippen LogP contribution in [0.5, 0.6) is 11.5 Å². The Morgan fingerprint density at radius 2 is 0.676 bits per heavy atom. The van der Waals surface area contributed by atoms with Gasteiger partial charge in [0.2, 0.25) is 0 Å². The van der Waals surface area contributed by atoms with Crippen molar-refractivity contribution in [1.82, 2.24) is 0 Å². The number of hydrogen-bond donors (Lipinski definition) is 0. The van der Waals surface area contributed by atoms with E-state index in [1.54, 1.807) is 25.3 Å². The van der Waals surface area contributed by atoms with Gasteiger partial charge in [0.25, 0.3) is 0 Å². The number of hydrogen-bond acceptors (Lipinski definition) is 4. The molecule has 0 atom stereocenters. The minimum Gasteiger partial charge on any atom is -0.497 e. The third kappa shape index (κ3) is 11.1. The minimum atomic E-state index is 0.0521. The highest BCUT2D eigenvalue weighted by Crippen LogP contribution is 2.55. The van der Waals surface area contributed by atoms with Crippen molar-refractivity contribution in [3.63, 3.8) is 0 Å². The fraction of sp³-hybridized carbons (Fsp3) is 0.284. The van der Waals surface area contributed by atoms with Crippen molar-refractivity contribution in [1.29, 1.82) is 0 Å². The number of fused-ring (bicyclic) bond motifs is 3. The predicted octanol–water partition coefficient (Wildman–Crippen LogP) is 19.7. The van der Waals surface area contributed by atoms with E-state index in [9.17, 15) is 0 Å². The monoisotopic (exact) mass is 937 g/mol. The quantitative estimate of drug-likeness (QED) is 0.0564. The van der Waals surface area contributed by atoms with Crippen LogP contribution >= 0.6 is 0 Å². The predicted molar refractivity (Wildman–Crippen MR) is 302 cm³/mol. The van der Waals surface area contributed by atoms with Crippen LogP contribution in [0.15, 0.2) is 194 Å². The van der Waals surface area contributed by atoms with Gasteiger partial charge >= 0.3 is 0 Å². The maximum Gasteiger partial charge on any atom is 0.119 e. The molecule has 71 heavy (non-hydrogen) atoms. The van der Waals surface area contributed by atoms with E-state index in [0.717, 1.165) is 56.8 Å². The van der Waals surface area contributed by atoms with Crippen molar-refractivity contribution in [3.8, 4) is 44.9 Å². The van der Waals surface area contributed by atoms with Gasteiger partial charge in [-0.05, 0) is 160 Å². The zero-order valence-corrected chi connectivity index (χ0v) is 42.6. The number of methoxy groups -OCH3 is 2. The summed E-state index contributed by atoms with van der Waals surface area (Å²) >= 11 is 0. The molecule has 0 spiro atoms. The molecule has 4 heteroatoms. The summed E-state index contributed by atoms with van der Waals surface area (Å²) in [4.78, 5) is 4.61. The molecular weight excluding hydrogens is 865 g/mol. The van der Waals surface area contributed by atoms with E-state index in [2.05, 4.69) is 194 Å². The molecule has 0 radical (unpaired) electrons. The highest BCUT2D eigenvalue weighted by molar-refractivity contribution is 5.85. The van der Waals surface area contributed by atoms with Crippen molar-refractivity contribution < 1.29 is 9.47 Å². The van der Waals surface area contributed by atoms with Crippen molar-refractivity contribution in [2.75, 3.05) is 24.0 Å². The second kappa shape index (κ2) is 23.7. The van der Waals surface area contributed by atoms with E-state index in [1.165, 1.54) is 112 Å². The van der Waals surface area contributed by atoms with Gasteiger partial charge in [-0.25, -0.2) is 0 Å². The molecule has 8 aromatic carbocycles. The summed E-state index contributed by atoms with van der Waals surface area (Å²) in [6, 6.07) is 70.8. The van der Waals surface area contributed by atoms with E-state index < -0.39 is 0 Å². The van der Waals surface area contributed by atoms with Gasteiger partial charge in [0, 0.05) is 39.5 Å². The highest BCUT2D eigenvalue weighted by Gasteiger charge is 2.42. The molecule has 0 fully saturated rings. The first-order valence-corrected chi connectivity index (χ1v) is 26.5. The van der Waals surface area contributed by atoms with Gasteiger partial charge in [0.05, 0.1) is 14.2 Å². The Bertz CT molecular complexity index is 2870. The van der Waals surface area contributed by atoms with Gasteiger partial charge < -0.3 is 19.3 Å². The molecule has 0 N–H and O–H groups in total. The number of benzene rings is 8. The number of rotatable bonds is 24. The van der Waals surface area contributed by atoms with Crippen molar-refractivity contribution in [2.24, 2.45) is 0 Å². The topological polar surface area (TPSA) is 24.9 Å². The van der Waals surface area contributed by atoms with E-state index in [0.29, 0.717) is 0 Å². The zero-order chi connectivity index (χ0) is 48.8. The minimum absolute atomic E-state index is 0.0521. The molecule has 0 unspecified atom stereocenters. The van der Waals surface area contributed by atoms with Crippen molar-refractivity contribution >= 4 is 34.1 Å². The SMILES string of the molecule is CCCCCCCCC1(CCCCCCCC)c2ccccc2-c2ccc(-c3ccc(N(c4ccc(OC)cc4)c4ccc(-c5ccc(N(c6ccccc6)c6ccc(OC)cc6)cc5)cc4)cc3)cc21. The van der Waals surface area contributed by atoms with Crippen LogP contribution in [0.2, 0.25) is 0 Å². The Hall–Kier alpha value is -7.04. The lowest BCUT2D eigenvalue weighted by atomic mass is 9.70. The standard InChI is InChI=1S/C67H72N2O2/c1-5-7-9-11-13-20-48-67(49-21-14-12-10-8-6-2)65-25-19-18-24-63(65)64-47-32-54(50-66(64)67)53-30-37-58(38-31-53)69(60-41-45-62(71-4)46-42-60)57-35-28-52(29-36-57)51-26-33-56(34-27-51)68(55-22-16-15-17-23-55)59-39-43-61(70-3)44-40-59/h15-19,22-47,50H,5-14,20-21,48-49H2,1-4H3. The smallest absolute Gasteiger partial charge is 0.119 e. The van der Waals surface area contributed by atoms with Crippen LogP contribution in [0.1, 0.15) is 115 Å². The van der Waals surface area contributed by atoms with Crippen LogP contribution in [0.3, 0.4) is 0 Å². The van der Waals surface area contributed by atoms with Crippen molar-refractivity contribution in [2.45, 2.75) is 109 Å². The molecule has 8 aromatic rings. The van der Waals surface area contributed by atoms with Crippen LogP contribution in [0.25, 0.3) is 33.4 Å². The lowest BCUT2D eigenvalue weighted by molar-refractivity contribution is 0.398. The zero-order valence-electron chi connectivity index (χ0n) is 42.6. The highest BCUT2D eigenvalue weighted by atomic mass is 16.5. The number of ether oxygens (including phenoxy) is 2. The molecule has 362 valence electrons. The molecule has 1 aliphatic rings. The molecule has 4 nitrogen and oxygen atoms in total. The largest absolute Gasteiger partial charge is 0.497 e. The molecule has 0 saturated carbocycles. The van der Waals surface area contributed by atoms with Crippen LogP contribution in [-0.2, 0) is 5.41 Å². The van der Waals surface area contributed by atoms with E-state index in [4.69, 9.17) is 9.47 Å². The average Bonchev–Trinajstić information content (AvgIpc) is 3.70. The maximum absolute atomic E-state index is 5.60. The summed E-state index contributed by atoms with van der Waals surface area (Å²) in [7, 11) is 3.42. The summed E-state index contributed by atoms with van der Waals surface area (Å²) in [5, 5.41) is 0. The summed E-state index contributed by atoms with van der Waals surface area (Å²) < 4.78 is 11.1. The molecule has 1 aliphatic carbocycles. The maximum atomic E-state index is 5.60. The Morgan fingerprint density at radius 1 is 0.324 bits per heavy atom. The van der Waals surface area contributed by atoms with Gasteiger partial charge in [0.1, 0.15) is 11.5 Å². The van der Waals surface area contributed by atoms with E-state index >= 15 is 0 Å². The second-order valence-corrected chi connectivity index (χ2v) is 19.5. The number of para-hydroxylation sites is 1. The van der Waals surface area contributed by atoms with Crippen LogP contribution < -0.4 is 19.3 Å². The van der Waals surface area contributed by atoms with Crippen LogP contribution in [-0.4, -0.2) is 14.2 Å². The fourth-order valence-electron chi connectivity index (χ4n) is 11.1. The van der Waals surface area contributed by atoms with Gasteiger partial charge in [0.15, 0.2) is 0 Å². The normalized spacial score (nSPS) is 12.3. The molecule has 0 aromatic heterocycles. The second-order valence-electron chi connectivity index (χ2n) is 19.5. The molecule has 0 saturated heterocycles. The van der Waals surface area contributed by atoms with Gasteiger partial charge in [-0.3, -0.25) is 0 Å². The van der Waals surface area contributed by atoms with Crippen molar-refractivity contribution in [3.05, 3.63) is 205 Å². The van der Waals surface area contributed by atoms with Gasteiger partial charge in [-0.15, -0.1) is 0 Å². The number of anilines is 6. The van der Waals surface area contributed by atoms with E-state index in [-0.39, 0.29) is 5.41 Å². The first kappa shape index (κ1) is 49.0. The summed E-state index contributed by atoms with van der Waals surface area (Å²) in [6.45, 7) is 4.63. The van der Waals surface area contributed by atoms with Gasteiger partial charge in [-0.2, -0.15) is 0 Å². The lowest BCUT2D eigenvalue weighted by Crippen LogP contribution is -2.25. The first-order chi connectivity index (χ1) is 35.0. The molecule has 0 aliphatic heterocycles.